The van der Waals surface area contributed by atoms with E-state index in [0.29, 0.717) is 25.0 Å². The molecule has 0 spiro atoms. The van der Waals surface area contributed by atoms with Gasteiger partial charge in [0, 0.05) is 0 Å². The molecule has 0 saturated heterocycles. The Labute approximate surface area is 296 Å². The minimum absolute atomic E-state index is 0.148. The number of hydrogen-bond donors (Lipinski definition) is 0. The monoisotopic (exact) mass is 758 g/mol. The van der Waals surface area contributed by atoms with Gasteiger partial charge in [-0.05, 0) is 93.0 Å². The van der Waals surface area contributed by atoms with Crippen LogP contribution in [-0.4, -0.2) is 13.2 Å². The highest BCUT2D eigenvalue weighted by Crippen LogP contribution is 2.37. The van der Waals surface area contributed by atoms with Gasteiger partial charge in [-0.25, -0.2) is 43.9 Å². The fourth-order valence-electron chi connectivity index (χ4n) is 5.16. The van der Waals surface area contributed by atoms with E-state index in [0.717, 1.165) is 36.4 Å². The van der Waals surface area contributed by atoms with Gasteiger partial charge < -0.3 is 9.47 Å². The molecular weight excluding hydrogens is 728 g/mol. The normalized spacial score (nSPS) is 12.5. The molecular formula is C39H30F12O2. The Morgan fingerprint density at radius 2 is 0.792 bits per heavy atom. The van der Waals surface area contributed by atoms with Gasteiger partial charge in [-0.1, -0.05) is 18.2 Å². The van der Waals surface area contributed by atoms with Gasteiger partial charge in [-0.3, -0.25) is 0 Å². The number of halogens is 12. The van der Waals surface area contributed by atoms with E-state index in [9.17, 15) is 52.7 Å². The largest absolute Gasteiger partial charge is 0.490 e. The molecule has 0 saturated carbocycles. The molecule has 0 fully saturated rings. The van der Waals surface area contributed by atoms with Gasteiger partial charge in [0.05, 0.1) is 35.5 Å². The van der Waals surface area contributed by atoms with Crippen LogP contribution in [-0.2, 0) is 0 Å². The lowest BCUT2D eigenvalue weighted by Gasteiger charge is -2.14. The zero-order valence-electron chi connectivity index (χ0n) is 28.1. The minimum atomic E-state index is -1.95. The Morgan fingerprint density at radius 1 is 0.491 bits per heavy atom. The van der Waals surface area contributed by atoms with Crippen molar-refractivity contribution in [2.24, 2.45) is 5.92 Å². The molecule has 4 aromatic rings. The van der Waals surface area contributed by atoms with Crippen LogP contribution in [0.2, 0.25) is 0 Å². The molecule has 0 unspecified atom stereocenters. The van der Waals surface area contributed by atoms with E-state index in [1.807, 2.05) is 0 Å². The molecule has 0 aliphatic carbocycles. The van der Waals surface area contributed by atoms with Gasteiger partial charge in [-0.15, -0.1) is 6.58 Å². The lowest BCUT2D eigenvalue weighted by atomic mass is 9.98. The third kappa shape index (κ3) is 8.91. The minimum Gasteiger partial charge on any atom is -0.490 e. The van der Waals surface area contributed by atoms with Gasteiger partial charge >= 0.3 is 0 Å². The summed E-state index contributed by atoms with van der Waals surface area (Å²) < 4.78 is 184. The summed E-state index contributed by atoms with van der Waals surface area (Å²) in [5, 5.41) is 0. The van der Waals surface area contributed by atoms with Crippen molar-refractivity contribution in [3.63, 3.8) is 0 Å². The van der Waals surface area contributed by atoms with Gasteiger partial charge in [0.15, 0.2) is 69.7 Å². The summed E-state index contributed by atoms with van der Waals surface area (Å²) in [5.41, 5.74) is -4.92. The van der Waals surface area contributed by atoms with Gasteiger partial charge in [0.1, 0.15) is 0 Å². The second-order valence-corrected chi connectivity index (χ2v) is 11.8. The molecule has 0 aromatic heterocycles. The Hall–Kier alpha value is -5.14. The van der Waals surface area contributed by atoms with E-state index in [4.69, 9.17) is 9.47 Å². The second-order valence-electron chi connectivity index (χ2n) is 11.8. The summed E-state index contributed by atoms with van der Waals surface area (Å²) in [6.07, 6.45) is 2.96. The van der Waals surface area contributed by atoms with Crippen molar-refractivity contribution in [1.29, 1.82) is 0 Å². The molecule has 282 valence electrons. The zero-order chi connectivity index (χ0) is 39.1. The molecule has 0 heterocycles. The first-order valence-electron chi connectivity index (χ1n) is 16.0. The van der Waals surface area contributed by atoms with E-state index in [-0.39, 0.29) is 43.1 Å². The summed E-state index contributed by atoms with van der Waals surface area (Å²) >= 11 is 0. The van der Waals surface area contributed by atoms with Gasteiger partial charge in [-0.2, -0.15) is 8.78 Å². The maximum atomic E-state index is 14.7. The Kier molecular flexibility index (Phi) is 13.5. The molecule has 0 radical (unpaired) electrons. The highest BCUT2D eigenvalue weighted by molar-refractivity contribution is 5.84. The molecule has 4 rings (SSSR count). The standard InChI is InChI=1S/C39H30F12O2/c1-4-21(7-5-17-52-26-15-13-24(36(48)38(26)50)34(46)32(44)22-11-9-19(2)28(40)30(22)42)8-6-18-53-27-16-14-25(37(49)39(27)51)35(47)33(45)23-12-10-20(3)29(41)31(23)43/h4,9-16,21H,1,5-8,17-18H2,2-3H3/b34-32+,35-33+. The maximum Gasteiger partial charge on any atom is 0.201 e. The summed E-state index contributed by atoms with van der Waals surface area (Å²) in [4.78, 5) is 0. The average molecular weight is 759 g/mol. The average Bonchev–Trinajstić information content (AvgIpc) is 3.14. The predicted molar refractivity (Wildman–Crippen MR) is 176 cm³/mol. The third-order valence-electron chi connectivity index (χ3n) is 8.26. The molecule has 0 aliphatic heterocycles. The molecule has 2 nitrogen and oxygen atoms in total. The fourth-order valence-corrected chi connectivity index (χ4v) is 5.16. The topological polar surface area (TPSA) is 18.5 Å². The molecule has 0 amide bonds. The smallest absolute Gasteiger partial charge is 0.201 e. The summed E-state index contributed by atoms with van der Waals surface area (Å²) in [6, 6.07) is 6.54. The van der Waals surface area contributed by atoms with Crippen molar-refractivity contribution in [2.45, 2.75) is 39.5 Å². The first-order chi connectivity index (χ1) is 25.1. The van der Waals surface area contributed by atoms with Crippen LogP contribution >= 0.6 is 0 Å². The molecule has 0 bridgehead atoms. The predicted octanol–water partition coefficient (Wildman–Crippen LogP) is 12.8. The number of benzene rings is 4. The highest BCUT2D eigenvalue weighted by atomic mass is 19.2. The summed E-state index contributed by atoms with van der Waals surface area (Å²) in [6.45, 7) is 5.81. The van der Waals surface area contributed by atoms with E-state index in [2.05, 4.69) is 6.58 Å². The fraction of sp³-hybridized carbons (Fsp3) is 0.231. The summed E-state index contributed by atoms with van der Waals surface area (Å²) in [7, 11) is 0. The van der Waals surface area contributed by atoms with Gasteiger partial charge in [0.2, 0.25) is 11.6 Å². The second kappa shape index (κ2) is 17.6. The SMILES string of the molecule is C=CC(CCCOc1ccc(/C(F)=C(\F)c2ccc(C)c(F)c2F)c(F)c1F)CCCOc1ccc(/C(F)=C(\F)c2ccc(C)c(F)c2F)c(F)c1F. The van der Waals surface area contributed by atoms with Crippen molar-refractivity contribution >= 4 is 23.3 Å². The lowest BCUT2D eigenvalue weighted by molar-refractivity contribution is 0.265. The van der Waals surface area contributed by atoms with Gasteiger partial charge in [0.25, 0.3) is 0 Å². The molecule has 0 aliphatic rings. The van der Waals surface area contributed by atoms with Crippen molar-refractivity contribution < 1.29 is 62.2 Å². The maximum absolute atomic E-state index is 14.7. The van der Waals surface area contributed by atoms with Crippen LogP contribution < -0.4 is 9.47 Å². The van der Waals surface area contributed by atoms with Crippen molar-refractivity contribution in [3.05, 3.63) is 141 Å². The van der Waals surface area contributed by atoms with Crippen LogP contribution in [0.5, 0.6) is 11.5 Å². The van der Waals surface area contributed by atoms with Crippen LogP contribution in [0.25, 0.3) is 23.3 Å². The Bertz CT molecular complexity index is 1930. The zero-order valence-corrected chi connectivity index (χ0v) is 28.1. The van der Waals surface area contributed by atoms with E-state index < -0.39 is 104 Å². The lowest BCUT2D eigenvalue weighted by Crippen LogP contribution is -2.07. The van der Waals surface area contributed by atoms with E-state index >= 15 is 0 Å². The first kappa shape index (κ1) is 40.6. The molecule has 0 atom stereocenters. The highest BCUT2D eigenvalue weighted by Gasteiger charge is 2.26. The number of ether oxygens (including phenoxy) is 2. The molecule has 53 heavy (non-hydrogen) atoms. The van der Waals surface area contributed by atoms with Crippen molar-refractivity contribution in [2.75, 3.05) is 13.2 Å². The Balaban J connectivity index is 1.29. The number of hydrogen-bond acceptors (Lipinski definition) is 2. The Morgan fingerprint density at radius 3 is 1.11 bits per heavy atom. The van der Waals surface area contributed by atoms with Crippen LogP contribution in [0.15, 0.2) is 61.2 Å². The first-order valence-corrected chi connectivity index (χ1v) is 16.0. The van der Waals surface area contributed by atoms with Crippen molar-refractivity contribution in [1.82, 2.24) is 0 Å². The van der Waals surface area contributed by atoms with Crippen LogP contribution in [0.1, 0.15) is 59.1 Å². The van der Waals surface area contributed by atoms with E-state index in [1.54, 1.807) is 6.08 Å². The van der Waals surface area contributed by atoms with Crippen LogP contribution in [0.4, 0.5) is 52.7 Å². The van der Waals surface area contributed by atoms with Crippen molar-refractivity contribution in [3.8, 4) is 11.5 Å². The molecule has 14 heteroatoms. The quantitative estimate of drug-likeness (QED) is 0.0520. The number of rotatable bonds is 15. The number of allylic oxidation sites excluding steroid dienone is 1. The number of aryl methyl sites for hydroxylation is 2. The third-order valence-corrected chi connectivity index (χ3v) is 8.26. The van der Waals surface area contributed by atoms with Crippen LogP contribution in [0.3, 0.4) is 0 Å². The molecule has 4 aromatic carbocycles. The molecule has 0 N–H and O–H groups in total. The summed E-state index contributed by atoms with van der Waals surface area (Å²) in [5.74, 6) is -22.4. The van der Waals surface area contributed by atoms with E-state index in [1.165, 1.54) is 13.8 Å². The van der Waals surface area contributed by atoms with Crippen LogP contribution in [0, 0.1) is 66.3 Å².